The van der Waals surface area contributed by atoms with E-state index in [4.69, 9.17) is 13.6 Å². The van der Waals surface area contributed by atoms with Crippen LogP contribution in [0.3, 0.4) is 0 Å². The molecule has 0 saturated heterocycles. The largest absolute Gasteiger partial charge is 0.461 e. The fraction of sp³-hybridized carbons (Fsp3) is 0.367. The van der Waals surface area contributed by atoms with Crippen LogP contribution >= 0.6 is 0 Å². The number of oxazole rings is 2. The van der Waals surface area contributed by atoms with Crippen LogP contribution in [0.1, 0.15) is 85.3 Å². The molecular formula is C30H36N2O5. The molecule has 0 unspecified atom stereocenters. The predicted octanol–water partition coefficient (Wildman–Crippen LogP) is 7.22. The Morgan fingerprint density at radius 3 is 1.68 bits per heavy atom. The van der Waals surface area contributed by atoms with Gasteiger partial charge < -0.3 is 18.7 Å². The molecule has 0 radical (unpaired) electrons. The summed E-state index contributed by atoms with van der Waals surface area (Å²) in [5, 5.41) is 9.25. The predicted molar refractivity (Wildman–Crippen MR) is 143 cm³/mol. The van der Waals surface area contributed by atoms with Crippen LogP contribution in [0.5, 0.6) is 0 Å². The van der Waals surface area contributed by atoms with Crippen molar-refractivity contribution in [2.45, 2.75) is 66.9 Å². The first-order valence-electron chi connectivity index (χ1n) is 12.6. The van der Waals surface area contributed by atoms with E-state index in [9.17, 15) is 9.90 Å². The minimum atomic E-state index is -0.432. The highest BCUT2D eigenvalue weighted by Gasteiger charge is 2.24. The summed E-state index contributed by atoms with van der Waals surface area (Å²) < 4.78 is 16.5. The molecule has 4 aromatic rings. The molecule has 0 atom stereocenters. The Bertz CT molecular complexity index is 1300. The highest BCUT2D eigenvalue weighted by Crippen LogP contribution is 2.28. The van der Waals surface area contributed by atoms with Crippen LogP contribution in [-0.2, 0) is 11.3 Å². The van der Waals surface area contributed by atoms with Crippen molar-refractivity contribution < 1.29 is 23.5 Å². The summed E-state index contributed by atoms with van der Waals surface area (Å²) in [4.78, 5) is 20.6. The number of hydrogen-bond donors (Lipinski definition) is 1. The normalized spacial score (nSPS) is 11.0. The lowest BCUT2D eigenvalue weighted by atomic mass is 10.1. The van der Waals surface area contributed by atoms with Crippen LogP contribution in [0.2, 0.25) is 0 Å². The van der Waals surface area contributed by atoms with Gasteiger partial charge in [-0.3, -0.25) is 0 Å². The number of aliphatic hydroxyl groups is 1. The molecule has 1 N–H and O–H groups in total. The SMILES string of the molecule is CCOC(=O)c1nc(-c2ccc(C)cc2)oc1C(C)C.Cc1ccc(-c2nc(CO)c(C(C)C)o2)cc1. The lowest BCUT2D eigenvalue weighted by molar-refractivity contribution is 0.0517. The van der Waals surface area contributed by atoms with Crippen molar-refractivity contribution >= 4 is 5.97 Å². The molecule has 0 spiro atoms. The number of hydrogen-bond acceptors (Lipinski definition) is 7. The maximum Gasteiger partial charge on any atom is 0.360 e. The van der Waals surface area contributed by atoms with Crippen molar-refractivity contribution in [3.63, 3.8) is 0 Å². The second kappa shape index (κ2) is 12.5. The zero-order valence-corrected chi connectivity index (χ0v) is 22.7. The molecule has 0 bridgehead atoms. The number of aryl methyl sites for hydroxylation is 2. The fourth-order valence-electron chi connectivity index (χ4n) is 3.64. The molecule has 4 rings (SSSR count). The summed E-state index contributed by atoms with van der Waals surface area (Å²) in [6.45, 7) is 14.0. The van der Waals surface area contributed by atoms with Crippen LogP contribution in [0.15, 0.2) is 57.4 Å². The Balaban J connectivity index is 0.000000208. The number of nitrogens with zero attached hydrogens (tertiary/aromatic N) is 2. The quantitative estimate of drug-likeness (QED) is 0.265. The smallest absolute Gasteiger partial charge is 0.360 e. The first-order chi connectivity index (χ1) is 17.6. The Hall–Kier alpha value is -3.71. The number of benzene rings is 2. The maximum atomic E-state index is 11.9. The van der Waals surface area contributed by atoms with Crippen LogP contribution in [-0.4, -0.2) is 27.7 Å². The van der Waals surface area contributed by atoms with Gasteiger partial charge in [-0.1, -0.05) is 63.1 Å². The molecule has 0 aliphatic carbocycles. The fourth-order valence-corrected chi connectivity index (χ4v) is 3.64. The summed E-state index contributed by atoms with van der Waals surface area (Å²) in [7, 11) is 0. The molecule has 0 amide bonds. The van der Waals surface area contributed by atoms with Crippen LogP contribution in [0, 0.1) is 13.8 Å². The van der Waals surface area contributed by atoms with Gasteiger partial charge in [0.25, 0.3) is 0 Å². The summed E-state index contributed by atoms with van der Waals surface area (Å²) >= 11 is 0. The van der Waals surface area contributed by atoms with E-state index in [0.717, 1.165) is 22.5 Å². The third-order valence-corrected chi connectivity index (χ3v) is 5.65. The maximum absolute atomic E-state index is 11.9. The van der Waals surface area contributed by atoms with E-state index >= 15 is 0 Å². The van der Waals surface area contributed by atoms with Gasteiger partial charge in [0.05, 0.1) is 13.2 Å². The van der Waals surface area contributed by atoms with Crippen molar-refractivity contribution in [3.8, 4) is 22.9 Å². The zero-order valence-electron chi connectivity index (χ0n) is 22.7. The average molecular weight is 505 g/mol. The van der Waals surface area contributed by atoms with E-state index in [1.165, 1.54) is 5.56 Å². The molecule has 2 aromatic carbocycles. The second-order valence-electron chi connectivity index (χ2n) is 9.48. The van der Waals surface area contributed by atoms with Crippen LogP contribution in [0.25, 0.3) is 22.9 Å². The van der Waals surface area contributed by atoms with E-state index in [2.05, 4.69) is 9.97 Å². The van der Waals surface area contributed by atoms with Gasteiger partial charge in [-0.15, -0.1) is 0 Å². The minimum Gasteiger partial charge on any atom is -0.461 e. The van der Waals surface area contributed by atoms with Gasteiger partial charge in [0.1, 0.15) is 17.2 Å². The van der Waals surface area contributed by atoms with E-state index in [1.54, 1.807) is 6.92 Å². The lowest BCUT2D eigenvalue weighted by Gasteiger charge is -2.02. The van der Waals surface area contributed by atoms with E-state index in [-0.39, 0.29) is 24.1 Å². The first-order valence-corrected chi connectivity index (χ1v) is 12.6. The van der Waals surface area contributed by atoms with Crippen molar-refractivity contribution in [2.24, 2.45) is 0 Å². The van der Waals surface area contributed by atoms with Crippen LogP contribution < -0.4 is 0 Å². The monoisotopic (exact) mass is 504 g/mol. The van der Waals surface area contributed by atoms with Gasteiger partial charge in [-0.2, -0.15) is 0 Å². The van der Waals surface area contributed by atoms with Gasteiger partial charge in [0.2, 0.25) is 11.8 Å². The molecule has 196 valence electrons. The summed E-state index contributed by atoms with van der Waals surface area (Å²) in [5.41, 5.74) is 5.07. The topological polar surface area (TPSA) is 98.6 Å². The molecule has 7 nitrogen and oxygen atoms in total. The average Bonchev–Trinajstić information content (AvgIpc) is 3.51. The number of aliphatic hydroxyl groups excluding tert-OH is 1. The molecule has 0 aliphatic heterocycles. The summed E-state index contributed by atoms with van der Waals surface area (Å²) in [6.07, 6.45) is 0. The summed E-state index contributed by atoms with van der Waals surface area (Å²) in [5.74, 6) is 2.24. The Kier molecular flexibility index (Phi) is 9.42. The standard InChI is InChI=1S/C16H19NO3.C14H17NO2/c1-5-19-16(18)13-14(10(2)3)20-15(17-13)12-8-6-11(4)7-9-12;1-9(2)13-12(8-16)15-14(17-13)11-6-4-10(3)5-7-11/h6-10H,5H2,1-4H3;4-7,9,16H,8H2,1-3H3. The van der Waals surface area contributed by atoms with E-state index in [1.807, 2.05) is 90.1 Å². The van der Waals surface area contributed by atoms with Gasteiger partial charge in [-0.25, -0.2) is 14.8 Å². The molecule has 2 aromatic heterocycles. The number of carbonyl (C=O) groups is 1. The first kappa shape index (κ1) is 27.9. The third-order valence-electron chi connectivity index (χ3n) is 5.65. The molecule has 2 heterocycles. The minimum absolute atomic E-state index is 0.0705. The highest BCUT2D eigenvalue weighted by molar-refractivity contribution is 5.89. The van der Waals surface area contributed by atoms with Gasteiger partial charge in [0.15, 0.2) is 5.69 Å². The lowest BCUT2D eigenvalue weighted by Crippen LogP contribution is -2.08. The summed E-state index contributed by atoms with van der Waals surface area (Å²) in [6, 6.07) is 15.8. The van der Waals surface area contributed by atoms with Crippen molar-refractivity contribution in [1.82, 2.24) is 9.97 Å². The Morgan fingerprint density at radius 1 is 0.811 bits per heavy atom. The number of rotatable bonds is 7. The van der Waals surface area contributed by atoms with E-state index in [0.29, 0.717) is 29.8 Å². The molecule has 0 aliphatic rings. The Morgan fingerprint density at radius 2 is 1.27 bits per heavy atom. The second-order valence-corrected chi connectivity index (χ2v) is 9.48. The zero-order chi connectivity index (χ0) is 27.1. The van der Waals surface area contributed by atoms with Crippen molar-refractivity contribution in [3.05, 3.63) is 82.6 Å². The number of carbonyl (C=O) groups excluding carboxylic acids is 1. The van der Waals surface area contributed by atoms with Gasteiger partial charge in [-0.05, 0) is 45.0 Å². The third kappa shape index (κ3) is 6.95. The van der Waals surface area contributed by atoms with E-state index < -0.39 is 5.97 Å². The number of aromatic nitrogens is 2. The number of esters is 1. The Labute approximate surface area is 218 Å². The van der Waals surface area contributed by atoms with Gasteiger partial charge in [0, 0.05) is 23.0 Å². The number of ether oxygens (including phenoxy) is 1. The van der Waals surface area contributed by atoms with Crippen LogP contribution in [0.4, 0.5) is 0 Å². The van der Waals surface area contributed by atoms with Crippen molar-refractivity contribution in [2.75, 3.05) is 6.61 Å². The van der Waals surface area contributed by atoms with Crippen molar-refractivity contribution in [1.29, 1.82) is 0 Å². The molecular weight excluding hydrogens is 468 g/mol. The molecule has 0 saturated carbocycles. The molecule has 7 heteroatoms. The molecule has 0 fully saturated rings. The van der Waals surface area contributed by atoms with Gasteiger partial charge >= 0.3 is 5.97 Å². The highest BCUT2D eigenvalue weighted by atomic mass is 16.5. The molecule has 37 heavy (non-hydrogen) atoms.